The van der Waals surface area contributed by atoms with Gasteiger partial charge in [-0.3, -0.25) is 0 Å². The predicted octanol–water partition coefficient (Wildman–Crippen LogP) is 11.8. The number of fused-ring (bicyclic) bond motifs is 5. The summed E-state index contributed by atoms with van der Waals surface area (Å²) in [6, 6.07) is 51.1. The van der Waals surface area contributed by atoms with Crippen LogP contribution in [0.1, 0.15) is 11.1 Å². The molecule has 8 aromatic rings. The topological polar surface area (TPSA) is 12.9 Å². The van der Waals surface area contributed by atoms with Gasteiger partial charge in [0.1, 0.15) is 0 Å². The Morgan fingerprint density at radius 1 is 0.432 bits per heavy atom. The first-order valence-electron chi connectivity index (χ1n) is 15.3. The van der Waals surface area contributed by atoms with E-state index in [0.29, 0.717) is 0 Å². The van der Waals surface area contributed by atoms with E-state index in [-0.39, 0.29) is 0 Å². The van der Waals surface area contributed by atoms with Gasteiger partial charge >= 0.3 is 0 Å². The van der Waals surface area contributed by atoms with E-state index in [4.69, 9.17) is 4.98 Å². The molecule has 9 rings (SSSR count). The number of pyridine rings is 1. The van der Waals surface area contributed by atoms with E-state index < -0.39 is 0 Å². The molecule has 0 spiro atoms. The van der Waals surface area contributed by atoms with Gasteiger partial charge in [-0.15, -0.1) is 0 Å². The van der Waals surface area contributed by atoms with Gasteiger partial charge in [-0.1, -0.05) is 115 Å². The highest BCUT2D eigenvalue weighted by Crippen LogP contribution is 2.58. The van der Waals surface area contributed by atoms with Crippen molar-refractivity contribution in [2.45, 2.75) is 13.8 Å². The smallest absolute Gasteiger partial charge is 0.0712 e. The van der Waals surface area contributed by atoms with Crippen molar-refractivity contribution in [1.29, 1.82) is 0 Å². The van der Waals surface area contributed by atoms with Crippen LogP contribution < -0.4 is 0 Å². The Kier molecular flexibility index (Phi) is 5.39. The maximum Gasteiger partial charge on any atom is 0.0712 e. The Labute approximate surface area is 257 Å². The minimum atomic E-state index is 1.01. The second-order valence-electron chi connectivity index (χ2n) is 12.1. The number of aromatic nitrogens is 1. The maximum absolute atomic E-state index is 5.20. The van der Waals surface area contributed by atoms with Crippen LogP contribution >= 0.6 is 0 Å². The van der Waals surface area contributed by atoms with Crippen LogP contribution in [0.4, 0.5) is 0 Å². The second kappa shape index (κ2) is 9.49. The lowest BCUT2D eigenvalue weighted by Gasteiger charge is -2.20. The van der Waals surface area contributed by atoms with Crippen LogP contribution in [0.5, 0.6) is 0 Å². The van der Waals surface area contributed by atoms with E-state index in [1.807, 2.05) is 0 Å². The zero-order valence-corrected chi connectivity index (χ0v) is 24.7. The number of aryl methyl sites for hydroxylation is 2. The van der Waals surface area contributed by atoms with Crippen molar-refractivity contribution in [1.82, 2.24) is 4.98 Å². The fourth-order valence-electron chi connectivity index (χ4n) is 7.42. The molecule has 0 radical (unpaired) electrons. The van der Waals surface area contributed by atoms with Gasteiger partial charge in [-0.05, 0) is 116 Å². The van der Waals surface area contributed by atoms with Gasteiger partial charge in [0.05, 0.1) is 11.2 Å². The molecule has 1 aromatic heterocycles. The Morgan fingerprint density at radius 2 is 1.07 bits per heavy atom. The molecule has 0 bridgehead atoms. The first-order valence-corrected chi connectivity index (χ1v) is 15.3. The zero-order valence-electron chi connectivity index (χ0n) is 24.7. The molecule has 0 saturated heterocycles. The Bertz CT molecular complexity index is 2440. The highest BCUT2D eigenvalue weighted by atomic mass is 14.7. The third kappa shape index (κ3) is 3.63. The average molecular weight is 560 g/mol. The molecular formula is C43H29N. The van der Waals surface area contributed by atoms with Crippen molar-refractivity contribution in [3.8, 4) is 55.8 Å². The van der Waals surface area contributed by atoms with E-state index in [2.05, 4.69) is 153 Å². The molecule has 1 aliphatic rings. The second-order valence-corrected chi connectivity index (χ2v) is 12.1. The molecule has 7 aromatic carbocycles. The zero-order chi connectivity index (χ0) is 29.4. The third-order valence-corrected chi connectivity index (χ3v) is 9.32. The summed E-state index contributed by atoms with van der Waals surface area (Å²) in [7, 11) is 0. The SMILES string of the molecule is Cc1ccc2nc(-c3cc4c5c(cccc5c3)-c3c-4c(-c4ccccc4)c4ccccc4c3-c3ccccc3)cc(C)c2c1. The van der Waals surface area contributed by atoms with Crippen molar-refractivity contribution >= 4 is 32.4 Å². The van der Waals surface area contributed by atoms with Crippen LogP contribution in [-0.4, -0.2) is 4.98 Å². The third-order valence-electron chi connectivity index (χ3n) is 9.32. The number of rotatable bonds is 3. The van der Waals surface area contributed by atoms with Crippen LogP contribution in [0, 0.1) is 13.8 Å². The molecule has 0 saturated carbocycles. The van der Waals surface area contributed by atoms with E-state index in [1.165, 1.54) is 82.6 Å². The largest absolute Gasteiger partial charge is 0.248 e. The van der Waals surface area contributed by atoms with E-state index >= 15 is 0 Å². The maximum atomic E-state index is 5.20. The molecule has 0 atom stereocenters. The number of hydrogen-bond acceptors (Lipinski definition) is 1. The molecule has 0 fully saturated rings. The predicted molar refractivity (Wildman–Crippen MR) is 187 cm³/mol. The number of nitrogens with zero attached hydrogens (tertiary/aromatic N) is 1. The van der Waals surface area contributed by atoms with Crippen molar-refractivity contribution in [2.75, 3.05) is 0 Å². The molecule has 0 aliphatic heterocycles. The molecule has 1 heterocycles. The molecule has 0 amide bonds. The summed E-state index contributed by atoms with van der Waals surface area (Å²) in [4.78, 5) is 5.20. The van der Waals surface area contributed by atoms with Gasteiger partial charge < -0.3 is 0 Å². The molecule has 0 unspecified atom stereocenters. The van der Waals surface area contributed by atoms with Gasteiger partial charge in [-0.2, -0.15) is 0 Å². The Morgan fingerprint density at radius 3 is 1.75 bits per heavy atom. The van der Waals surface area contributed by atoms with E-state index in [1.54, 1.807) is 0 Å². The van der Waals surface area contributed by atoms with Gasteiger partial charge in [0, 0.05) is 10.9 Å². The molecule has 44 heavy (non-hydrogen) atoms. The summed E-state index contributed by atoms with van der Waals surface area (Å²) in [6.07, 6.45) is 0. The normalized spacial score (nSPS) is 11.9. The first kappa shape index (κ1) is 25.0. The molecule has 1 aliphatic carbocycles. The van der Waals surface area contributed by atoms with Crippen molar-refractivity contribution in [3.05, 3.63) is 151 Å². The minimum Gasteiger partial charge on any atom is -0.248 e. The van der Waals surface area contributed by atoms with Crippen molar-refractivity contribution in [3.63, 3.8) is 0 Å². The first-order chi connectivity index (χ1) is 21.7. The monoisotopic (exact) mass is 559 g/mol. The summed E-state index contributed by atoms with van der Waals surface area (Å²) in [5, 5.41) is 6.35. The van der Waals surface area contributed by atoms with E-state index in [9.17, 15) is 0 Å². The lowest BCUT2D eigenvalue weighted by Crippen LogP contribution is -1.94. The summed E-state index contributed by atoms with van der Waals surface area (Å²) >= 11 is 0. The summed E-state index contributed by atoms with van der Waals surface area (Å²) in [5.41, 5.74) is 16.0. The van der Waals surface area contributed by atoms with Gasteiger partial charge in [0.15, 0.2) is 0 Å². The van der Waals surface area contributed by atoms with E-state index in [0.717, 1.165) is 16.8 Å². The fraction of sp³-hybridized carbons (Fsp3) is 0.0465. The molecule has 1 nitrogen and oxygen atoms in total. The van der Waals surface area contributed by atoms with Crippen LogP contribution in [0.3, 0.4) is 0 Å². The Balaban J connectivity index is 1.43. The lowest BCUT2D eigenvalue weighted by atomic mass is 9.82. The summed E-state index contributed by atoms with van der Waals surface area (Å²) < 4.78 is 0. The lowest BCUT2D eigenvalue weighted by molar-refractivity contribution is 1.35. The minimum absolute atomic E-state index is 1.01. The average Bonchev–Trinajstić information content (AvgIpc) is 3.39. The number of hydrogen-bond donors (Lipinski definition) is 0. The van der Waals surface area contributed by atoms with Crippen LogP contribution in [-0.2, 0) is 0 Å². The molecule has 0 N–H and O–H groups in total. The van der Waals surface area contributed by atoms with Crippen LogP contribution in [0.2, 0.25) is 0 Å². The standard InChI is InChI=1S/C43H29N/c1-26-20-21-37-35(22-26)27(2)23-38(44-37)31-24-30-16-11-19-34-39(30)36(25-31)43-41(29-14-7-4-8-15-29)33-18-10-9-17-32(33)40(42(34)43)28-12-5-3-6-13-28/h3-25H,1-2H3. The Hall–Kier alpha value is -5.53. The highest BCUT2D eigenvalue weighted by Gasteiger charge is 2.31. The van der Waals surface area contributed by atoms with Crippen molar-refractivity contribution in [2.24, 2.45) is 0 Å². The number of benzene rings is 7. The van der Waals surface area contributed by atoms with Crippen LogP contribution in [0.25, 0.3) is 88.2 Å². The summed E-state index contributed by atoms with van der Waals surface area (Å²) in [5.74, 6) is 0. The van der Waals surface area contributed by atoms with Gasteiger partial charge in [-0.25, -0.2) is 4.98 Å². The molecular weight excluding hydrogens is 530 g/mol. The van der Waals surface area contributed by atoms with Gasteiger partial charge in [0.25, 0.3) is 0 Å². The quantitative estimate of drug-likeness (QED) is 0.210. The van der Waals surface area contributed by atoms with Gasteiger partial charge in [0.2, 0.25) is 0 Å². The van der Waals surface area contributed by atoms with Crippen LogP contribution in [0.15, 0.2) is 140 Å². The molecule has 206 valence electrons. The summed E-state index contributed by atoms with van der Waals surface area (Å²) in [6.45, 7) is 4.34. The molecule has 1 heteroatoms. The van der Waals surface area contributed by atoms with Crippen molar-refractivity contribution < 1.29 is 0 Å². The highest BCUT2D eigenvalue weighted by molar-refractivity contribution is 6.28. The fourth-order valence-corrected chi connectivity index (χ4v) is 7.42.